The number of rotatable bonds is 0. The third kappa shape index (κ3) is 2.48. The minimum absolute atomic E-state index is 0.164. The maximum absolute atomic E-state index is 5.87. The molecule has 1 heterocycles. The standard InChI is InChI=1S/C18H22N2O/c1-18(2,3)13-7-8-14-12(10-13)6-9-16-15(14)11-19-17(21-16)20(4)5/h6-10H,11H2,1-5H3. The van der Waals surface area contributed by atoms with Gasteiger partial charge in [0, 0.05) is 19.7 Å². The third-order valence-electron chi connectivity index (χ3n) is 3.91. The van der Waals surface area contributed by atoms with Crippen molar-refractivity contribution in [2.45, 2.75) is 32.7 Å². The molecule has 1 aliphatic rings. The first-order valence-corrected chi connectivity index (χ1v) is 7.32. The molecule has 0 amide bonds. The summed E-state index contributed by atoms with van der Waals surface area (Å²) >= 11 is 0. The van der Waals surface area contributed by atoms with E-state index in [0.29, 0.717) is 12.6 Å². The van der Waals surface area contributed by atoms with Crippen molar-refractivity contribution >= 4 is 16.8 Å². The summed E-state index contributed by atoms with van der Waals surface area (Å²) in [7, 11) is 3.89. The Morgan fingerprint density at radius 1 is 1.10 bits per heavy atom. The molecule has 2 aromatic rings. The van der Waals surface area contributed by atoms with E-state index in [4.69, 9.17) is 4.74 Å². The van der Waals surface area contributed by atoms with Crippen LogP contribution in [0.3, 0.4) is 0 Å². The Morgan fingerprint density at radius 2 is 1.86 bits per heavy atom. The third-order valence-corrected chi connectivity index (χ3v) is 3.91. The molecule has 0 unspecified atom stereocenters. The van der Waals surface area contributed by atoms with Gasteiger partial charge in [0.2, 0.25) is 0 Å². The zero-order chi connectivity index (χ0) is 15.2. The van der Waals surface area contributed by atoms with Gasteiger partial charge in [-0.05, 0) is 27.8 Å². The van der Waals surface area contributed by atoms with E-state index in [9.17, 15) is 0 Å². The highest BCUT2D eigenvalue weighted by molar-refractivity contribution is 5.91. The lowest BCUT2D eigenvalue weighted by Gasteiger charge is -2.24. The molecule has 21 heavy (non-hydrogen) atoms. The molecule has 2 aromatic carbocycles. The van der Waals surface area contributed by atoms with E-state index >= 15 is 0 Å². The molecule has 0 saturated carbocycles. The zero-order valence-corrected chi connectivity index (χ0v) is 13.4. The molecular weight excluding hydrogens is 260 g/mol. The lowest BCUT2D eigenvalue weighted by atomic mass is 9.85. The average Bonchev–Trinajstić information content (AvgIpc) is 2.44. The van der Waals surface area contributed by atoms with Crippen LogP contribution in [-0.4, -0.2) is 25.0 Å². The molecule has 0 radical (unpaired) electrons. The van der Waals surface area contributed by atoms with Gasteiger partial charge in [-0.3, -0.25) is 0 Å². The SMILES string of the molecule is CN(C)C1=NCc2c(ccc3cc(C(C)(C)C)ccc23)O1. The molecule has 0 fully saturated rings. The first-order chi connectivity index (χ1) is 9.86. The van der Waals surface area contributed by atoms with Crippen LogP contribution in [0.4, 0.5) is 0 Å². The number of fused-ring (bicyclic) bond motifs is 3. The van der Waals surface area contributed by atoms with Crippen molar-refractivity contribution in [2.75, 3.05) is 14.1 Å². The molecule has 110 valence electrons. The van der Waals surface area contributed by atoms with Crippen LogP contribution < -0.4 is 4.74 Å². The van der Waals surface area contributed by atoms with Crippen LogP contribution in [0.25, 0.3) is 10.8 Å². The molecule has 0 aromatic heterocycles. The summed E-state index contributed by atoms with van der Waals surface area (Å²) in [5, 5.41) is 2.50. The highest BCUT2D eigenvalue weighted by atomic mass is 16.5. The zero-order valence-electron chi connectivity index (χ0n) is 13.4. The largest absolute Gasteiger partial charge is 0.426 e. The summed E-state index contributed by atoms with van der Waals surface area (Å²) in [4.78, 5) is 6.41. The summed E-state index contributed by atoms with van der Waals surface area (Å²) in [6.45, 7) is 7.39. The summed E-state index contributed by atoms with van der Waals surface area (Å²) in [6.07, 6.45) is 0. The molecule has 3 heteroatoms. The number of hydrogen-bond acceptors (Lipinski definition) is 3. The second-order valence-corrected chi connectivity index (χ2v) is 6.82. The topological polar surface area (TPSA) is 24.8 Å². The van der Waals surface area contributed by atoms with Crippen LogP contribution in [0.2, 0.25) is 0 Å². The van der Waals surface area contributed by atoms with Crippen LogP contribution in [0.1, 0.15) is 31.9 Å². The number of nitrogens with zero attached hydrogens (tertiary/aromatic N) is 2. The Balaban J connectivity index is 2.09. The van der Waals surface area contributed by atoms with E-state index in [2.05, 4.69) is 56.1 Å². The number of aliphatic imine (C=N–C) groups is 1. The second kappa shape index (κ2) is 4.76. The maximum atomic E-state index is 5.87. The van der Waals surface area contributed by atoms with Crippen molar-refractivity contribution in [2.24, 2.45) is 4.99 Å². The van der Waals surface area contributed by atoms with Gasteiger partial charge < -0.3 is 9.64 Å². The first kappa shape index (κ1) is 13.9. The van der Waals surface area contributed by atoms with E-state index in [1.807, 2.05) is 19.0 Å². The fourth-order valence-electron chi connectivity index (χ4n) is 2.61. The highest BCUT2D eigenvalue weighted by Crippen LogP contribution is 2.34. The van der Waals surface area contributed by atoms with E-state index in [-0.39, 0.29) is 5.41 Å². The van der Waals surface area contributed by atoms with E-state index in [1.165, 1.54) is 21.9 Å². The van der Waals surface area contributed by atoms with Crippen molar-refractivity contribution in [3.8, 4) is 5.75 Å². The van der Waals surface area contributed by atoms with E-state index < -0.39 is 0 Å². The van der Waals surface area contributed by atoms with Gasteiger partial charge in [-0.1, -0.05) is 45.0 Å². The Hall–Kier alpha value is -2.03. The predicted octanol–water partition coefficient (Wildman–Crippen LogP) is 3.95. The second-order valence-electron chi connectivity index (χ2n) is 6.82. The number of benzene rings is 2. The normalized spacial score (nSPS) is 14.4. The van der Waals surface area contributed by atoms with Gasteiger partial charge in [-0.25, -0.2) is 4.99 Å². The van der Waals surface area contributed by atoms with Gasteiger partial charge in [-0.15, -0.1) is 0 Å². The Bertz CT molecular complexity index is 724. The van der Waals surface area contributed by atoms with Crippen LogP contribution in [0.5, 0.6) is 5.75 Å². The average molecular weight is 282 g/mol. The van der Waals surface area contributed by atoms with Crippen LogP contribution in [-0.2, 0) is 12.0 Å². The summed E-state index contributed by atoms with van der Waals surface area (Å²) in [5.74, 6) is 0.921. The molecule has 1 aliphatic heterocycles. The van der Waals surface area contributed by atoms with Gasteiger partial charge in [-0.2, -0.15) is 0 Å². The molecule has 0 bridgehead atoms. The van der Waals surface area contributed by atoms with E-state index in [1.54, 1.807) is 0 Å². The molecule has 0 aliphatic carbocycles. The van der Waals surface area contributed by atoms with Gasteiger partial charge in [0.15, 0.2) is 0 Å². The van der Waals surface area contributed by atoms with Crippen LogP contribution >= 0.6 is 0 Å². The lowest BCUT2D eigenvalue weighted by Crippen LogP contribution is -2.30. The predicted molar refractivity (Wildman–Crippen MR) is 88.1 cm³/mol. The van der Waals surface area contributed by atoms with Crippen molar-refractivity contribution in [3.05, 3.63) is 41.5 Å². The van der Waals surface area contributed by atoms with Crippen molar-refractivity contribution < 1.29 is 4.74 Å². The van der Waals surface area contributed by atoms with Gasteiger partial charge in [0.25, 0.3) is 6.02 Å². The molecule has 3 rings (SSSR count). The molecule has 0 N–H and O–H groups in total. The van der Waals surface area contributed by atoms with E-state index in [0.717, 1.165) is 5.75 Å². The molecule has 3 nitrogen and oxygen atoms in total. The van der Waals surface area contributed by atoms with Gasteiger partial charge in [0.05, 0.1) is 6.54 Å². The monoisotopic (exact) mass is 282 g/mol. The van der Waals surface area contributed by atoms with Gasteiger partial charge >= 0.3 is 0 Å². The first-order valence-electron chi connectivity index (χ1n) is 7.32. The maximum Gasteiger partial charge on any atom is 0.292 e. The fraction of sp³-hybridized carbons (Fsp3) is 0.389. The minimum atomic E-state index is 0.164. The molecule has 0 saturated heterocycles. The lowest BCUT2D eigenvalue weighted by molar-refractivity contribution is 0.414. The Morgan fingerprint density at radius 3 is 2.52 bits per heavy atom. The quantitative estimate of drug-likeness (QED) is 0.731. The van der Waals surface area contributed by atoms with Crippen LogP contribution in [0, 0.1) is 0 Å². The summed E-state index contributed by atoms with van der Waals surface area (Å²) in [6, 6.07) is 11.6. The Kier molecular flexibility index (Phi) is 3.16. The summed E-state index contributed by atoms with van der Waals surface area (Å²) < 4.78 is 5.87. The van der Waals surface area contributed by atoms with Crippen molar-refractivity contribution in [1.82, 2.24) is 4.90 Å². The minimum Gasteiger partial charge on any atom is -0.426 e. The molecule has 0 spiro atoms. The van der Waals surface area contributed by atoms with Crippen molar-refractivity contribution in [3.63, 3.8) is 0 Å². The molecule has 0 atom stereocenters. The smallest absolute Gasteiger partial charge is 0.292 e. The Labute approximate surface area is 126 Å². The van der Waals surface area contributed by atoms with Gasteiger partial charge in [0.1, 0.15) is 5.75 Å². The van der Waals surface area contributed by atoms with Crippen molar-refractivity contribution in [1.29, 1.82) is 0 Å². The van der Waals surface area contributed by atoms with Crippen LogP contribution in [0.15, 0.2) is 35.3 Å². The highest BCUT2D eigenvalue weighted by Gasteiger charge is 2.19. The number of hydrogen-bond donors (Lipinski definition) is 0. The number of amidine groups is 1. The molecular formula is C18H22N2O. The summed E-state index contributed by atoms with van der Waals surface area (Å²) in [5.41, 5.74) is 2.69. The number of ether oxygens (including phenoxy) is 1. The fourth-order valence-corrected chi connectivity index (χ4v) is 2.61.